The number of alkyl halides is 1. The number of aromatic nitrogens is 2. The molecule has 1 N–H and O–H groups in total. The summed E-state index contributed by atoms with van der Waals surface area (Å²) in [6, 6.07) is 18.0. The smallest absolute Gasteiger partial charge is 0.410 e. The molecule has 5 rings (SSSR count). The van der Waals surface area contributed by atoms with Gasteiger partial charge in [0.25, 0.3) is 5.91 Å². The third-order valence-corrected chi connectivity index (χ3v) is 9.89. The Morgan fingerprint density at radius 3 is 2.46 bits per heavy atom. The van der Waals surface area contributed by atoms with Crippen molar-refractivity contribution < 1.29 is 51.6 Å². The van der Waals surface area contributed by atoms with Crippen LogP contribution in [0.25, 0.3) is 11.3 Å². The van der Waals surface area contributed by atoms with Crippen LogP contribution in [-0.2, 0) is 37.0 Å². The number of methoxy groups -OCH3 is 1. The lowest BCUT2D eigenvalue weighted by Crippen LogP contribution is -2.50. The van der Waals surface area contributed by atoms with Gasteiger partial charge >= 0.3 is 12.1 Å². The zero-order valence-electron chi connectivity index (χ0n) is 32.7. The summed E-state index contributed by atoms with van der Waals surface area (Å²) in [6.45, 7) is 5.25. The van der Waals surface area contributed by atoms with Crippen molar-refractivity contribution >= 4 is 18.0 Å². The van der Waals surface area contributed by atoms with Crippen molar-refractivity contribution in [1.82, 2.24) is 19.4 Å². The molecule has 2 heterocycles. The molecule has 0 aliphatic carbocycles. The largest absolute Gasteiger partial charge is 0.468 e. The summed E-state index contributed by atoms with van der Waals surface area (Å²) >= 11 is 0. The van der Waals surface area contributed by atoms with Crippen molar-refractivity contribution in [2.75, 3.05) is 40.1 Å². The zero-order chi connectivity index (χ0) is 41.3. The Morgan fingerprint density at radius 2 is 1.75 bits per heavy atom. The van der Waals surface area contributed by atoms with E-state index < -0.39 is 59.3 Å². The molecular formula is C42H49F3N4O8. The number of benzene rings is 3. The number of hydrogen-bond acceptors (Lipinski definition) is 9. The van der Waals surface area contributed by atoms with Crippen LogP contribution in [0.1, 0.15) is 57.1 Å². The molecule has 1 saturated heterocycles. The average molecular weight is 795 g/mol. The number of rotatable bonds is 17. The van der Waals surface area contributed by atoms with E-state index in [1.54, 1.807) is 60.9 Å². The van der Waals surface area contributed by atoms with Crippen LogP contribution in [0, 0.1) is 23.0 Å². The minimum Gasteiger partial charge on any atom is -0.468 e. The predicted octanol–water partition coefficient (Wildman–Crippen LogP) is 6.70. The van der Waals surface area contributed by atoms with E-state index in [-0.39, 0.29) is 69.7 Å². The Balaban J connectivity index is 1.60. The molecule has 1 fully saturated rings. The Hall–Kier alpha value is -5.41. The first-order valence-corrected chi connectivity index (χ1v) is 18.6. The van der Waals surface area contributed by atoms with E-state index in [1.807, 2.05) is 12.1 Å². The van der Waals surface area contributed by atoms with Gasteiger partial charge in [0.15, 0.2) is 12.9 Å². The van der Waals surface area contributed by atoms with Crippen LogP contribution < -0.4 is 4.74 Å². The van der Waals surface area contributed by atoms with Gasteiger partial charge in [-0.3, -0.25) is 9.59 Å². The van der Waals surface area contributed by atoms with Crippen molar-refractivity contribution in [1.29, 1.82) is 0 Å². The molecule has 3 aromatic carbocycles. The minimum atomic E-state index is -1.58. The van der Waals surface area contributed by atoms with Crippen LogP contribution >= 0.6 is 0 Å². The molecule has 15 heteroatoms. The van der Waals surface area contributed by atoms with Crippen LogP contribution in [-0.4, -0.2) is 94.8 Å². The number of hydrogen-bond donors (Lipinski definition) is 1. The highest BCUT2D eigenvalue weighted by Crippen LogP contribution is 2.43. The third-order valence-electron chi connectivity index (χ3n) is 9.89. The van der Waals surface area contributed by atoms with Crippen molar-refractivity contribution in [3.63, 3.8) is 0 Å². The van der Waals surface area contributed by atoms with Gasteiger partial charge in [-0.05, 0) is 60.2 Å². The second kappa shape index (κ2) is 19.2. The number of nitrogens with zero attached hydrogens (tertiary/aromatic N) is 4. The maximum atomic E-state index is 16.1. The second-order valence-electron chi connectivity index (χ2n) is 14.8. The Labute approximate surface area is 330 Å². The van der Waals surface area contributed by atoms with Gasteiger partial charge < -0.3 is 38.4 Å². The first-order valence-electron chi connectivity index (χ1n) is 18.6. The molecule has 12 nitrogen and oxygen atoms in total. The standard InChI is InChI=1S/C42H49F3N4O8/c1-27(57-28(2)51)40(52)49(22-31-21-48(23-36(31)45)41(53)55-25-29-10-7-6-8-11-29)38(42(3,4)16-17-50)39-46-37(34-19-32(43)14-15-35(34)44)24-47(39)20-30-12-9-13-33(18-30)56-26-54-5/h6-15,18-19,24,27,31,36,38,50H,16-17,20-23,25-26H2,1-5H3. The fourth-order valence-electron chi connectivity index (χ4n) is 7.06. The third kappa shape index (κ3) is 10.9. The number of ether oxygens (including phenoxy) is 4. The monoisotopic (exact) mass is 794 g/mol. The zero-order valence-corrected chi connectivity index (χ0v) is 32.7. The lowest BCUT2D eigenvalue weighted by molar-refractivity contribution is -0.161. The molecular weight excluding hydrogens is 745 g/mol. The number of esters is 1. The lowest BCUT2D eigenvalue weighted by atomic mass is 9.79. The van der Waals surface area contributed by atoms with Crippen LogP contribution in [0.2, 0.25) is 0 Å². The van der Waals surface area contributed by atoms with Crippen LogP contribution in [0.3, 0.4) is 0 Å². The van der Waals surface area contributed by atoms with Crippen molar-refractivity contribution in [3.05, 3.63) is 108 Å². The molecule has 4 unspecified atom stereocenters. The number of likely N-dealkylation sites (tertiary alicyclic amines) is 1. The second-order valence-corrected chi connectivity index (χ2v) is 14.8. The Morgan fingerprint density at radius 1 is 1.02 bits per heavy atom. The van der Waals surface area contributed by atoms with Crippen LogP contribution in [0.4, 0.5) is 18.0 Å². The summed E-state index contributed by atoms with van der Waals surface area (Å²) in [5.74, 6) is -3.08. The maximum Gasteiger partial charge on any atom is 0.410 e. The predicted molar refractivity (Wildman–Crippen MR) is 203 cm³/mol. The van der Waals surface area contributed by atoms with E-state index in [2.05, 4.69) is 0 Å². The number of carbonyl (C=O) groups is 3. The fourth-order valence-corrected chi connectivity index (χ4v) is 7.06. The highest BCUT2D eigenvalue weighted by atomic mass is 19.1. The number of aliphatic hydroxyl groups is 1. The number of imidazole rings is 1. The first kappa shape index (κ1) is 42.7. The summed E-state index contributed by atoms with van der Waals surface area (Å²) in [5, 5.41) is 10.3. The van der Waals surface area contributed by atoms with Gasteiger partial charge in [-0.1, -0.05) is 56.3 Å². The maximum absolute atomic E-state index is 16.1. The van der Waals surface area contributed by atoms with Gasteiger partial charge in [0.05, 0.1) is 18.3 Å². The van der Waals surface area contributed by atoms with Gasteiger partial charge in [-0.15, -0.1) is 0 Å². The molecule has 1 aliphatic rings. The molecule has 0 radical (unpaired) electrons. The van der Waals surface area contributed by atoms with E-state index >= 15 is 8.78 Å². The van der Waals surface area contributed by atoms with Gasteiger partial charge in [0, 0.05) is 58.0 Å². The molecule has 4 aromatic rings. The number of amides is 2. The normalized spacial score (nSPS) is 16.5. The van der Waals surface area contributed by atoms with Crippen molar-refractivity contribution in [2.45, 2.75) is 65.6 Å². The molecule has 0 spiro atoms. The molecule has 0 bridgehead atoms. The first-order chi connectivity index (χ1) is 27.2. The average Bonchev–Trinajstić information content (AvgIpc) is 3.75. The Bertz CT molecular complexity index is 1990. The van der Waals surface area contributed by atoms with Crippen LogP contribution in [0.15, 0.2) is 79.0 Å². The molecule has 0 saturated carbocycles. The molecule has 1 aliphatic heterocycles. The lowest BCUT2D eigenvalue weighted by Gasteiger charge is -2.43. The SMILES string of the molecule is COCOc1cccc(Cn2cc(-c3cc(F)ccc3F)nc2C(N(CC2CN(C(=O)OCc3ccccc3)CC2F)C(=O)C(C)OC(C)=O)C(C)(C)CCO)c1. The summed E-state index contributed by atoms with van der Waals surface area (Å²) in [4.78, 5) is 47.3. The van der Waals surface area contributed by atoms with Crippen LogP contribution in [0.5, 0.6) is 5.75 Å². The minimum absolute atomic E-state index is 0.00328. The quantitative estimate of drug-likeness (QED) is 0.0917. The molecule has 2 amide bonds. The molecule has 306 valence electrons. The molecule has 57 heavy (non-hydrogen) atoms. The van der Waals surface area contributed by atoms with Gasteiger partial charge in [0.1, 0.15) is 36.0 Å². The van der Waals surface area contributed by atoms with E-state index in [0.29, 0.717) is 11.3 Å². The van der Waals surface area contributed by atoms with Gasteiger partial charge in [-0.25, -0.2) is 22.9 Å². The van der Waals surface area contributed by atoms with E-state index in [4.69, 9.17) is 23.9 Å². The summed E-state index contributed by atoms with van der Waals surface area (Å²) < 4.78 is 69.2. The number of halogens is 3. The summed E-state index contributed by atoms with van der Waals surface area (Å²) in [5.41, 5.74) is 0.356. The Kier molecular flexibility index (Phi) is 14.4. The fraction of sp³-hybridized carbons (Fsp3) is 0.429. The van der Waals surface area contributed by atoms with Crippen molar-refractivity contribution in [3.8, 4) is 17.0 Å². The van der Waals surface area contributed by atoms with Gasteiger partial charge in [-0.2, -0.15) is 0 Å². The summed E-state index contributed by atoms with van der Waals surface area (Å²) in [7, 11) is 1.49. The molecule has 4 atom stereocenters. The number of aliphatic hydroxyl groups excluding tert-OH is 1. The summed E-state index contributed by atoms with van der Waals surface area (Å²) in [6.07, 6.45) is -1.99. The molecule has 1 aromatic heterocycles. The van der Waals surface area contributed by atoms with Gasteiger partial charge in [0.2, 0.25) is 0 Å². The van der Waals surface area contributed by atoms with Crippen molar-refractivity contribution in [2.24, 2.45) is 11.3 Å². The highest BCUT2D eigenvalue weighted by molar-refractivity contribution is 5.83. The van der Waals surface area contributed by atoms with E-state index in [0.717, 1.165) is 30.7 Å². The highest BCUT2D eigenvalue weighted by Gasteiger charge is 2.46. The number of carbonyl (C=O) groups excluding carboxylic acids is 3. The topological polar surface area (TPSA) is 133 Å². The van der Waals surface area contributed by atoms with E-state index in [1.165, 1.54) is 30.0 Å². The van der Waals surface area contributed by atoms with E-state index in [9.17, 15) is 23.9 Å².